The van der Waals surface area contributed by atoms with Gasteiger partial charge >= 0.3 is 0 Å². The summed E-state index contributed by atoms with van der Waals surface area (Å²) < 4.78 is 0. The molecular weight excluding hydrogens is 174 g/mol. The van der Waals surface area contributed by atoms with Crippen molar-refractivity contribution < 1.29 is 4.79 Å². The lowest BCUT2D eigenvalue weighted by Gasteiger charge is -1.92. The first-order valence-corrected chi connectivity index (χ1v) is 4.48. The summed E-state index contributed by atoms with van der Waals surface area (Å²) in [4.78, 5) is 15.5. The number of nitrogens with two attached hydrogens (primary N) is 1. The average molecular weight is 185 g/mol. The van der Waals surface area contributed by atoms with Crippen LogP contribution < -0.4 is 11.1 Å². The van der Waals surface area contributed by atoms with E-state index in [2.05, 4.69) is 10.3 Å². The zero-order chi connectivity index (χ0) is 9.14. The highest BCUT2D eigenvalue weighted by molar-refractivity contribution is 7.17. The Labute approximate surface area is 74.8 Å². The number of aryl methyl sites for hydroxylation is 1. The van der Waals surface area contributed by atoms with Gasteiger partial charge in [0.25, 0.3) is 5.91 Å². The molecule has 1 aromatic rings. The Bertz CT molecular complexity index is 295. The van der Waals surface area contributed by atoms with E-state index in [1.165, 1.54) is 11.3 Å². The lowest BCUT2D eigenvalue weighted by atomic mass is 10.4. The molecule has 0 saturated heterocycles. The largest absolute Gasteiger partial charge is 0.365 e. The van der Waals surface area contributed by atoms with E-state index in [0.29, 0.717) is 10.6 Å². The fourth-order valence-electron chi connectivity index (χ4n) is 0.852. The van der Waals surface area contributed by atoms with Crippen molar-refractivity contribution in [2.75, 3.05) is 11.9 Å². The van der Waals surface area contributed by atoms with Crippen LogP contribution >= 0.6 is 11.3 Å². The standard InChI is InChI=1S/C7H11N3OS/c1-3-9-7-10-4(2)5(12-7)6(8)11/h3H2,1-2H3,(H2,8,11)(H,9,10). The minimum absolute atomic E-state index is 0.408. The molecule has 0 fully saturated rings. The van der Waals surface area contributed by atoms with Gasteiger partial charge in [-0.15, -0.1) is 0 Å². The molecule has 0 bridgehead atoms. The summed E-state index contributed by atoms with van der Waals surface area (Å²) in [5.74, 6) is -0.408. The molecule has 1 aromatic heterocycles. The fourth-order valence-corrected chi connectivity index (χ4v) is 1.74. The first-order valence-electron chi connectivity index (χ1n) is 3.66. The van der Waals surface area contributed by atoms with Gasteiger partial charge in [0.1, 0.15) is 4.88 Å². The average Bonchev–Trinajstić information content (AvgIpc) is 2.32. The van der Waals surface area contributed by atoms with Crippen LogP contribution in [0.4, 0.5) is 5.13 Å². The summed E-state index contributed by atoms with van der Waals surface area (Å²) in [6.07, 6.45) is 0. The number of hydrogen-bond donors (Lipinski definition) is 2. The molecule has 0 aliphatic carbocycles. The summed E-state index contributed by atoms with van der Waals surface area (Å²) in [5.41, 5.74) is 5.83. The molecule has 0 aliphatic heterocycles. The molecule has 0 atom stereocenters. The molecule has 12 heavy (non-hydrogen) atoms. The third-order valence-corrected chi connectivity index (χ3v) is 2.48. The molecule has 66 valence electrons. The first-order chi connectivity index (χ1) is 5.65. The second kappa shape index (κ2) is 3.53. The number of amides is 1. The highest BCUT2D eigenvalue weighted by atomic mass is 32.1. The van der Waals surface area contributed by atoms with Crippen LogP contribution in [0.5, 0.6) is 0 Å². The number of thiazole rings is 1. The highest BCUT2D eigenvalue weighted by Gasteiger charge is 2.10. The lowest BCUT2D eigenvalue weighted by Crippen LogP contribution is -2.09. The molecule has 0 unspecified atom stereocenters. The molecule has 5 heteroatoms. The van der Waals surface area contributed by atoms with Crippen LogP contribution in [0.15, 0.2) is 0 Å². The number of hydrogen-bond acceptors (Lipinski definition) is 4. The summed E-state index contributed by atoms with van der Waals surface area (Å²) >= 11 is 1.30. The lowest BCUT2D eigenvalue weighted by molar-refractivity contribution is 0.100. The van der Waals surface area contributed by atoms with Gasteiger partial charge in [0.15, 0.2) is 5.13 Å². The Kier molecular flexibility index (Phi) is 2.65. The number of primary amides is 1. The summed E-state index contributed by atoms with van der Waals surface area (Å²) in [5, 5.41) is 3.78. The van der Waals surface area contributed by atoms with Crippen LogP contribution in [0.3, 0.4) is 0 Å². The maximum absolute atomic E-state index is 10.8. The molecule has 3 N–H and O–H groups in total. The molecule has 1 heterocycles. The second-order valence-corrected chi connectivity index (χ2v) is 3.33. The van der Waals surface area contributed by atoms with E-state index in [1.807, 2.05) is 6.92 Å². The Morgan fingerprint density at radius 2 is 2.42 bits per heavy atom. The maximum Gasteiger partial charge on any atom is 0.260 e. The molecule has 4 nitrogen and oxygen atoms in total. The van der Waals surface area contributed by atoms with Crippen molar-refractivity contribution in [3.63, 3.8) is 0 Å². The smallest absolute Gasteiger partial charge is 0.260 e. The van der Waals surface area contributed by atoms with E-state index in [-0.39, 0.29) is 0 Å². The van der Waals surface area contributed by atoms with Crippen molar-refractivity contribution >= 4 is 22.4 Å². The van der Waals surface area contributed by atoms with Crippen molar-refractivity contribution in [1.29, 1.82) is 0 Å². The van der Waals surface area contributed by atoms with Crippen LogP contribution in [-0.2, 0) is 0 Å². The topological polar surface area (TPSA) is 68.0 Å². The second-order valence-electron chi connectivity index (χ2n) is 2.33. The van der Waals surface area contributed by atoms with Crippen molar-refractivity contribution in [2.24, 2.45) is 5.73 Å². The van der Waals surface area contributed by atoms with Gasteiger partial charge in [0.2, 0.25) is 0 Å². The molecule has 0 saturated carbocycles. The van der Waals surface area contributed by atoms with E-state index < -0.39 is 5.91 Å². The van der Waals surface area contributed by atoms with Crippen molar-refractivity contribution in [3.05, 3.63) is 10.6 Å². The van der Waals surface area contributed by atoms with E-state index in [4.69, 9.17) is 5.73 Å². The number of anilines is 1. The maximum atomic E-state index is 10.8. The van der Waals surface area contributed by atoms with E-state index in [9.17, 15) is 4.79 Å². The number of carbonyl (C=O) groups is 1. The Morgan fingerprint density at radius 3 is 2.83 bits per heavy atom. The van der Waals surface area contributed by atoms with Gasteiger partial charge in [-0.05, 0) is 13.8 Å². The van der Waals surface area contributed by atoms with Gasteiger partial charge in [0, 0.05) is 6.54 Å². The normalized spacial score (nSPS) is 9.83. The SMILES string of the molecule is CCNc1nc(C)c(C(N)=O)s1. The van der Waals surface area contributed by atoms with Crippen molar-refractivity contribution in [1.82, 2.24) is 4.98 Å². The Balaban J connectivity index is 2.92. The molecule has 0 aliphatic rings. The van der Waals surface area contributed by atoms with Crippen LogP contribution in [-0.4, -0.2) is 17.4 Å². The molecule has 1 rings (SSSR count). The number of nitrogens with zero attached hydrogens (tertiary/aromatic N) is 1. The molecule has 1 amide bonds. The third-order valence-electron chi connectivity index (χ3n) is 1.35. The van der Waals surface area contributed by atoms with Gasteiger partial charge in [-0.25, -0.2) is 4.98 Å². The van der Waals surface area contributed by atoms with E-state index >= 15 is 0 Å². The number of aromatic nitrogens is 1. The molecule has 0 aromatic carbocycles. The van der Waals surface area contributed by atoms with Gasteiger partial charge in [0.05, 0.1) is 5.69 Å². The zero-order valence-corrected chi connectivity index (χ0v) is 7.86. The monoisotopic (exact) mass is 185 g/mol. The van der Waals surface area contributed by atoms with Crippen molar-refractivity contribution in [3.8, 4) is 0 Å². The minimum Gasteiger partial charge on any atom is -0.365 e. The summed E-state index contributed by atoms with van der Waals surface area (Å²) in [7, 11) is 0. The van der Waals surface area contributed by atoms with Gasteiger partial charge < -0.3 is 11.1 Å². The fraction of sp³-hybridized carbons (Fsp3) is 0.429. The minimum atomic E-state index is -0.408. The first kappa shape index (κ1) is 8.99. The van der Waals surface area contributed by atoms with Crippen LogP contribution in [0, 0.1) is 6.92 Å². The quantitative estimate of drug-likeness (QED) is 0.737. The van der Waals surface area contributed by atoms with Gasteiger partial charge in [-0.3, -0.25) is 4.79 Å². The third kappa shape index (κ3) is 1.73. The molecule has 0 radical (unpaired) electrons. The Morgan fingerprint density at radius 1 is 1.75 bits per heavy atom. The number of carbonyl (C=O) groups excluding carboxylic acids is 1. The van der Waals surface area contributed by atoms with E-state index in [0.717, 1.165) is 11.7 Å². The van der Waals surface area contributed by atoms with Crippen molar-refractivity contribution in [2.45, 2.75) is 13.8 Å². The highest BCUT2D eigenvalue weighted by Crippen LogP contribution is 2.21. The van der Waals surface area contributed by atoms with E-state index in [1.54, 1.807) is 6.92 Å². The van der Waals surface area contributed by atoms with Crippen LogP contribution in [0.25, 0.3) is 0 Å². The van der Waals surface area contributed by atoms with Crippen LogP contribution in [0.2, 0.25) is 0 Å². The Hall–Kier alpha value is -1.10. The predicted octanol–water partition coefficient (Wildman–Crippen LogP) is 0.982. The molecule has 0 spiro atoms. The predicted molar refractivity (Wildman–Crippen MR) is 49.5 cm³/mol. The van der Waals surface area contributed by atoms with Gasteiger partial charge in [-0.2, -0.15) is 0 Å². The van der Waals surface area contributed by atoms with Crippen LogP contribution in [0.1, 0.15) is 22.3 Å². The summed E-state index contributed by atoms with van der Waals surface area (Å²) in [6.45, 7) is 4.54. The summed E-state index contributed by atoms with van der Waals surface area (Å²) in [6, 6.07) is 0. The van der Waals surface area contributed by atoms with Gasteiger partial charge in [-0.1, -0.05) is 11.3 Å². The molecular formula is C7H11N3OS. The number of rotatable bonds is 3. The number of nitrogens with one attached hydrogen (secondary N) is 1. The zero-order valence-electron chi connectivity index (χ0n) is 7.05.